The first-order valence-electron chi connectivity index (χ1n) is 15.9. The van der Waals surface area contributed by atoms with Gasteiger partial charge in [-0.2, -0.15) is 4.98 Å². The summed E-state index contributed by atoms with van der Waals surface area (Å²) in [5, 5.41) is 23.7. The first-order valence-corrected chi connectivity index (χ1v) is 15.9. The van der Waals surface area contributed by atoms with Gasteiger partial charge in [0, 0.05) is 50.2 Å². The van der Waals surface area contributed by atoms with E-state index in [0.29, 0.717) is 31.6 Å². The van der Waals surface area contributed by atoms with E-state index in [-0.39, 0.29) is 12.1 Å². The van der Waals surface area contributed by atoms with E-state index < -0.39 is 5.60 Å². The van der Waals surface area contributed by atoms with Gasteiger partial charge in [-0.1, -0.05) is 36.6 Å². The van der Waals surface area contributed by atoms with Crippen LogP contribution >= 0.6 is 0 Å². The maximum Gasteiger partial charge on any atom is 0.410 e. The fourth-order valence-corrected chi connectivity index (χ4v) is 5.68. The van der Waals surface area contributed by atoms with Crippen molar-refractivity contribution in [1.82, 2.24) is 40.5 Å². The Balaban J connectivity index is 1.09. The van der Waals surface area contributed by atoms with Gasteiger partial charge in [0.25, 0.3) is 0 Å². The van der Waals surface area contributed by atoms with E-state index in [2.05, 4.69) is 31.6 Å². The van der Waals surface area contributed by atoms with Crippen LogP contribution in [0.25, 0.3) is 10.9 Å². The molecule has 0 unspecified atom stereocenters. The summed E-state index contributed by atoms with van der Waals surface area (Å²) in [6.07, 6.45) is 10.1. The Morgan fingerprint density at radius 2 is 1.77 bits per heavy atom. The third kappa shape index (κ3) is 9.49. The fourth-order valence-electron chi connectivity index (χ4n) is 5.68. The normalized spacial score (nSPS) is 16.9. The van der Waals surface area contributed by atoms with Gasteiger partial charge in [-0.3, -0.25) is 4.68 Å². The van der Waals surface area contributed by atoms with Gasteiger partial charge in [0.15, 0.2) is 0 Å². The third-order valence-electron chi connectivity index (χ3n) is 7.96. The van der Waals surface area contributed by atoms with Gasteiger partial charge in [-0.25, -0.2) is 9.78 Å². The molecule has 3 heterocycles. The summed E-state index contributed by atoms with van der Waals surface area (Å²) in [4.78, 5) is 23.8. The number of nitrogens with one attached hydrogen (secondary N) is 4. The molecular weight excluding hydrogens is 544 g/mol. The number of carbonyl (C=O) groups excluding carboxylic acids is 1. The number of hydrogen-bond donors (Lipinski definition) is 4. The van der Waals surface area contributed by atoms with Gasteiger partial charge in [0.05, 0.1) is 24.8 Å². The summed E-state index contributed by atoms with van der Waals surface area (Å²) in [5.74, 6) is 1.32. The Bertz CT molecular complexity index is 1310. The van der Waals surface area contributed by atoms with Crippen molar-refractivity contribution in [1.29, 1.82) is 0 Å². The summed E-state index contributed by atoms with van der Waals surface area (Å²) < 4.78 is 7.41. The van der Waals surface area contributed by atoms with Gasteiger partial charge in [0.2, 0.25) is 5.95 Å². The van der Waals surface area contributed by atoms with Gasteiger partial charge in [0.1, 0.15) is 17.1 Å². The van der Waals surface area contributed by atoms with Crippen LogP contribution in [0.2, 0.25) is 0 Å². The Labute approximate surface area is 254 Å². The number of anilines is 2. The molecule has 2 fully saturated rings. The molecule has 5 rings (SSSR count). The lowest BCUT2D eigenvalue weighted by Crippen LogP contribution is -2.44. The van der Waals surface area contributed by atoms with Crippen molar-refractivity contribution in [2.75, 3.05) is 43.4 Å². The van der Waals surface area contributed by atoms with Crippen molar-refractivity contribution >= 4 is 28.8 Å². The summed E-state index contributed by atoms with van der Waals surface area (Å²) in [6.45, 7) is 11.0. The molecule has 1 amide bonds. The van der Waals surface area contributed by atoms with E-state index in [0.717, 1.165) is 61.4 Å². The summed E-state index contributed by atoms with van der Waals surface area (Å²) in [7, 11) is 0. The predicted octanol–water partition coefficient (Wildman–Crippen LogP) is 4.16. The molecule has 0 bridgehead atoms. The van der Waals surface area contributed by atoms with E-state index in [9.17, 15) is 4.79 Å². The number of nitrogens with zero attached hydrogens (tertiary/aromatic N) is 6. The van der Waals surface area contributed by atoms with Crippen molar-refractivity contribution in [2.45, 2.75) is 96.5 Å². The van der Waals surface area contributed by atoms with Crippen molar-refractivity contribution < 1.29 is 9.53 Å². The number of fused-ring (bicyclic) bond motifs is 1. The lowest BCUT2D eigenvalue weighted by molar-refractivity contribution is 0.0210. The van der Waals surface area contributed by atoms with Crippen LogP contribution in [0.15, 0.2) is 30.5 Å². The van der Waals surface area contributed by atoms with Crippen molar-refractivity contribution in [3.05, 3.63) is 36.2 Å². The summed E-state index contributed by atoms with van der Waals surface area (Å²) >= 11 is 0. The van der Waals surface area contributed by atoms with Crippen LogP contribution in [0.1, 0.15) is 71.4 Å². The van der Waals surface area contributed by atoms with E-state index in [1.807, 2.05) is 55.9 Å². The summed E-state index contributed by atoms with van der Waals surface area (Å²) in [5.41, 5.74) is 1.20. The van der Waals surface area contributed by atoms with E-state index in [4.69, 9.17) is 14.7 Å². The lowest BCUT2D eigenvalue weighted by Gasteiger charge is -2.34. The second kappa shape index (κ2) is 14.8. The number of likely N-dealkylation sites (tertiary alicyclic amines) is 1. The first-order chi connectivity index (χ1) is 20.8. The zero-order valence-electron chi connectivity index (χ0n) is 25.9. The summed E-state index contributed by atoms with van der Waals surface area (Å²) in [6, 6.07) is 8.89. The maximum atomic E-state index is 12.5. The number of piperidine rings is 1. The fraction of sp³-hybridized carbons (Fsp3) is 0.645. The average Bonchev–Trinajstić information content (AvgIpc) is 3.45. The van der Waals surface area contributed by atoms with Crippen LogP contribution in [0.4, 0.5) is 16.6 Å². The van der Waals surface area contributed by atoms with Crippen LogP contribution in [0.3, 0.4) is 0 Å². The Morgan fingerprint density at radius 1 is 0.977 bits per heavy atom. The Kier molecular flexibility index (Phi) is 10.6. The molecule has 2 aliphatic rings. The third-order valence-corrected chi connectivity index (χ3v) is 7.96. The van der Waals surface area contributed by atoms with Crippen molar-refractivity contribution in [2.24, 2.45) is 0 Å². The number of para-hydroxylation sites is 1. The molecule has 0 radical (unpaired) electrons. The highest BCUT2D eigenvalue weighted by Gasteiger charge is 2.27. The smallest absolute Gasteiger partial charge is 0.410 e. The van der Waals surface area contributed by atoms with Crippen molar-refractivity contribution in [3.63, 3.8) is 0 Å². The second-order valence-electron chi connectivity index (χ2n) is 12.7. The number of carbonyl (C=O) groups is 1. The van der Waals surface area contributed by atoms with Crippen LogP contribution in [0, 0.1) is 0 Å². The standard InChI is InChI=1S/C31H48N10O2/c1-31(2,3)43-30(42)40-18-13-24(14-19-40)35-28-26-11-7-8-12-27(26)36-29(37-28)34-21-25-22-41(39-38-25)20-17-32-15-16-33-23-9-5-4-6-10-23/h7-8,11-12,22-24,32-33H,4-6,9-10,13-21H2,1-3H3,(H2,34,35,36,37). The van der Waals surface area contributed by atoms with E-state index in [1.165, 1.54) is 32.1 Å². The minimum atomic E-state index is -0.494. The predicted molar refractivity (Wildman–Crippen MR) is 169 cm³/mol. The van der Waals surface area contributed by atoms with E-state index in [1.54, 1.807) is 4.90 Å². The van der Waals surface area contributed by atoms with Gasteiger partial charge < -0.3 is 30.9 Å². The number of benzene rings is 1. The van der Waals surface area contributed by atoms with E-state index >= 15 is 0 Å². The lowest BCUT2D eigenvalue weighted by atomic mass is 9.95. The van der Waals surface area contributed by atoms with Crippen LogP contribution in [0.5, 0.6) is 0 Å². The molecule has 3 aromatic rings. The zero-order valence-corrected chi connectivity index (χ0v) is 25.9. The molecule has 1 saturated heterocycles. The highest BCUT2D eigenvalue weighted by molar-refractivity contribution is 5.90. The van der Waals surface area contributed by atoms with Crippen LogP contribution in [-0.2, 0) is 17.8 Å². The zero-order chi connectivity index (χ0) is 30.1. The minimum absolute atomic E-state index is 0.196. The first kappa shape index (κ1) is 30.9. The maximum absolute atomic E-state index is 12.5. The molecule has 0 atom stereocenters. The highest BCUT2D eigenvalue weighted by Crippen LogP contribution is 2.25. The molecule has 1 saturated carbocycles. The molecule has 43 heavy (non-hydrogen) atoms. The number of rotatable bonds is 12. The van der Waals surface area contributed by atoms with Crippen LogP contribution in [-0.4, -0.2) is 86.4 Å². The molecule has 12 nitrogen and oxygen atoms in total. The van der Waals surface area contributed by atoms with Gasteiger partial charge >= 0.3 is 6.09 Å². The molecule has 1 aromatic carbocycles. The topological polar surface area (TPSA) is 134 Å². The second-order valence-corrected chi connectivity index (χ2v) is 12.7. The molecule has 4 N–H and O–H groups in total. The minimum Gasteiger partial charge on any atom is -0.444 e. The van der Waals surface area contributed by atoms with Gasteiger partial charge in [-0.15, -0.1) is 5.10 Å². The molecule has 12 heteroatoms. The highest BCUT2D eigenvalue weighted by atomic mass is 16.6. The monoisotopic (exact) mass is 592 g/mol. The number of hydrogen-bond acceptors (Lipinski definition) is 10. The molecular formula is C31H48N10O2. The molecule has 1 aliphatic carbocycles. The van der Waals surface area contributed by atoms with Crippen molar-refractivity contribution in [3.8, 4) is 0 Å². The molecule has 234 valence electrons. The average molecular weight is 593 g/mol. The van der Waals surface area contributed by atoms with Gasteiger partial charge in [-0.05, 0) is 58.6 Å². The SMILES string of the molecule is CC(C)(C)OC(=O)N1CCC(Nc2nc(NCc3cn(CCNCCNC4CCCCC4)nn3)nc3ccccc23)CC1. The molecule has 0 spiro atoms. The van der Waals surface area contributed by atoms with Crippen LogP contribution < -0.4 is 21.3 Å². The molecule has 2 aromatic heterocycles. The number of ether oxygens (including phenoxy) is 1. The number of aromatic nitrogens is 5. The molecule has 1 aliphatic heterocycles. The largest absolute Gasteiger partial charge is 0.444 e. The Hall–Kier alpha value is -3.51. The quantitative estimate of drug-likeness (QED) is 0.227. The Morgan fingerprint density at radius 3 is 2.56 bits per heavy atom. The number of amides is 1.